The summed E-state index contributed by atoms with van der Waals surface area (Å²) in [5.74, 6) is 0.538. The molecule has 3 unspecified atom stereocenters. The third-order valence-electron chi connectivity index (χ3n) is 4.03. The smallest absolute Gasteiger partial charge is 0.0465 e. The van der Waals surface area contributed by atoms with E-state index >= 15 is 0 Å². The molecule has 1 heterocycles. The van der Waals surface area contributed by atoms with E-state index in [2.05, 4.69) is 30.8 Å². The van der Waals surface area contributed by atoms with Crippen LogP contribution in [0.15, 0.2) is 0 Å². The van der Waals surface area contributed by atoms with E-state index in [1.54, 1.807) is 7.11 Å². The number of nitrogens with two attached hydrogens (primary N) is 1. The summed E-state index contributed by atoms with van der Waals surface area (Å²) in [6.07, 6.45) is 2.15. The van der Waals surface area contributed by atoms with Gasteiger partial charge in [-0.15, -0.1) is 0 Å². The summed E-state index contributed by atoms with van der Waals surface area (Å²) in [4.78, 5) is 4.85. The molecule has 17 heavy (non-hydrogen) atoms. The molecule has 3 atom stereocenters. The fraction of sp³-hybridized carbons (Fsp3) is 1.00. The molecule has 1 aliphatic heterocycles. The van der Waals surface area contributed by atoms with E-state index in [4.69, 9.17) is 10.5 Å². The minimum atomic E-state index is 0.282. The largest absolute Gasteiger partial charge is 0.385 e. The van der Waals surface area contributed by atoms with Gasteiger partial charge in [0.2, 0.25) is 0 Å². The number of hydrogen-bond donors (Lipinski definition) is 1. The Kier molecular flexibility index (Phi) is 6.41. The lowest BCUT2D eigenvalue weighted by Crippen LogP contribution is -2.52. The highest BCUT2D eigenvalue weighted by molar-refractivity contribution is 4.83. The van der Waals surface area contributed by atoms with Crippen molar-refractivity contribution in [3.05, 3.63) is 0 Å². The van der Waals surface area contributed by atoms with Crippen LogP contribution in [0, 0.1) is 5.92 Å². The van der Waals surface area contributed by atoms with E-state index in [1.165, 1.54) is 6.54 Å². The topological polar surface area (TPSA) is 41.7 Å². The molecular formula is C13H29N3O. The minimum absolute atomic E-state index is 0.282. The average molecular weight is 243 g/mol. The van der Waals surface area contributed by atoms with E-state index in [0.29, 0.717) is 12.0 Å². The summed E-state index contributed by atoms with van der Waals surface area (Å²) >= 11 is 0. The van der Waals surface area contributed by atoms with Gasteiger partial charge in [-0.25, -0.2) is 0 Å². The van der Waals surface area contributed by atoms with Crippen LogP contribution >= 0.6 is 0 Å². The number of rotatable bonds is 6. The zero-order chi connectivity index (χ0) is 12.8. The van der Waals surface area contributed by atoms with Crippen molar-refractivity contribution in [1.29, 1.82) is 0 Å². The van der Waals surface area contributed by atoms with Crippen LogP contribution in [0.25, 0.3) is 0 Å². The van der Waals surface area contributed by atoms with Gasteiger partial charge in [-0.1, -0.05) is 6.92 Å². The number of methoxy groups -OCH3 is 1. The van der Waals surface area contributed by atoms with E-state index < -0.39 is 0 Å². The van der Waals surface area contributed by atoms with Crippen LogP contribution in [-0.2, 0) is 4.74 Å². The second-order valence-corrected chi connectivity index (χ2v) is 5.55. The fourth-order valence-electron chi connectivity index (χ4n) is 2.42. The number of piperazine rings is 1. The first kappa shape index (κ1) is 14.9. The Morgan fingerprint density at radius 2 is 2.06 bits per heavy atom. The number of likely N-dealkylation sites (N-methyl/N-ethyl adjacent to an activating group) is 2. The molecule has 0 aliphatic carbocycles. The van der Waals surface area contributed by atoms with Gasteiger partial charge in [0.25, 0.3) is 0 Å². The fourth-order valence-corrected chi connectivity index (χ4v) is 2.42. The van der Waals surface area contributed by atoms with Crippen molar-refractivity contribution in [2.75, 3.05) is 47.4 Å². The summed E-state index contributed by atoms with van der Waals surface area (Å²) in [6.45, 7) is 6.51. The first-order valence-electron chi connectivity index (χ1n) is 6.68. The van der Waals surface area contributed by atoms with Crippen LogP contribution in [0.5, 0.6) is 0 Å². The Labute approximate surface area is 106 Å². The average Bonchev–Trinajstić information content (AvgIpc) is 2.30. The first-order chi connectivity index (χ1) is 8.04. The second kappa shape index (κ2) is 7.31. The highest BCUT2D eigenvalue weighted by Gasteiger charge is 2.25. The Morgan fingerprint density at radius 1 is 1.35 bits per heavy atom. The maximum atomic E-state index is 6.30. The lowest BCUT2D eigenvalue weighted by atomic mass is 9.92. The van der Waals surface area contributed by atoms with E-state index in [0.717, 1.165) is 32.5 Å². The highest BCUT2D eigenvalue weighted by atomic mass is 16.5. The van der Waals surface area contributed by atoms with Gasteiger partial charge in [-0.05, 0) is 32.9 Å². The number of nitrogens with zero attached hydrogens (tertiary/aromatic N) is 2. The molecule has 102 valence electrons. The van der Waals surface area contributed by atoms with Gasteiger partial charge in [-0.3, -0.25) is 0 Å². The lowest BCUT2D eigenvalue weighted by molar-refractivity contribution is 0.0964. The van der Waals surface area contributed by atoms with Gasteiger partial charge in [0.1, 0.15) is 0 Å². The van der Waals surface area contributed by atoms with Crippen molar-refractivity contribution in [1.82, 2.24) is 9.80 Å². The third kappa shape index (κ3) is 4.92. The maximum Gasteiger partial charge on any atom is 0.0465 e. The Hall–Kier alpha value is -0.160. The molecule has 2 N–H and O–H groups in total. The molecule has 4 heteroatoms. The first-order valence-corrected chi connectivity index (χ1v) is 6.68. The summed E-state index contributed by atoms with van der Waals surface area (Å²) in [5, 5.41) is 0. The normalized spacial score (nSPS) is 27.0. The van der Waals surface area contributed by atoms with E-state index in [9.17, 15) is 0 Å². The molecule has 1 saturated heterocycles. The van der Waals surface area contributed by atoms with Crippen LogP contribution in [0.1, 0.15) is 19.8 Å². The van der Waals surface area contributed by atoms with Gasteiger partial charge in [0.15, 0.2) is 0 Å². The molecule has 0 aromatic rings. The summed E-state index contributed by atoms with van der Waals surface area (Å²) in [6, 6.07) is 0.887. The van der Waals surface area contributed by atoms with Crippen LogP contribution in [0.4, 0.5) is 0 Å². The number of hydrogen-bond acceptors (Lipinski definition) is 4. The predicted molar refractivity (Wildman–Crippen MR) is 72.2 cm³/mol. The lowest BCUT2D eigenvalue weighted by Gasteiger charge is -2.39. The molecule has 0 saturated carbocycles. The Bertz CT molecular complexity index is 213. The Morgan fingerprint density at radius 3 is 2.71 bits per heavy atom. The molecule has 4 nitrogen and oxygen atoms in total. The second-order valence-electron chi connectivity index (χ2n) is 5.55. The molecule has 1 rings (SSSR count). The molecule has 0 radical (unpaired) electrons. The molecule has 0 spiro atoms. The van der Waals surface area contributed by atoms with Crippen molar-refractivity contribution >= 4 is 0 Å². The maximum absolute atomic E-state index is 6.30. The molecular weight excluding hydrogens is 214 g/mol. The predicted octanol–water partition coefficient (Wildman–Crippen LogP) is 0.622. The molecule has 0 bridgehead atoms. The summed E-state index contributed by atoms with van der Waals surface area (Å²) < 4.78 is 5.12. The van der Waals surface area contributed by atoms with Crippen LogP contribution in [0.2, 0.25) is 0 Å². The van der Waals surface area contributed by atoms with Gasteiger partial charge in [0, 0.05) is 45.4 Å². The van der Waals surface area contributed by atoms with Crippen LogP contribution < -0.4 is 5.73 Å². The van der Waals surface area contributed by atoms with Gasteiger partial charge in [0.05, 0.1) is 0 Å². The standard InChI is InChI=1S/C13H29N3O/c1-11(5-8-17-4)13(14)9-12-10-15(2)6-7-16(12)3/h11-13H,5-10,14H2,1-4H3. The molecule has 1 fully saturated rings. The SMILES string of the molecule is COCCC(C)C(N)CC1CN(C)CCN1C. The zero-order valence-electron chi connectivity index (χ0n) is 11.9. The van der Waals surface area contributed by atoms with Crippen LogP contribution in [-0.4, -0.2) is 69.3 Å². The van der Waals surface area contributed by atoms with E-state index in [1.807, 2.05) is 0 Å². The monoisotopic (exact) mass is 243 g/mol. The van der Waals surface area contributed by atoms with Gasteiger partial charge >= 0.3 is 0 Å². The Balaban J connectivity index is 2.35. The highest BCUT2D eigenvalue weighted by Crippen LogP contribution is 2.16. The molecule has 0 aromatic heterocycles. The summed E-state index contributed by atoms with van der Waals surface area (Å²) in [7, 11) is 6.16. The minimum Gasteiger partial charge on any atom is -0.385 e. The van der Waals surface area contributed by atoms with Crippen molar-refractivity contribution < 1.29 is 4.74 Å². The summed E-state index contributed by atoms with van der Waals surface area (Å²) in [5.41, 5.74) is 6.30. The van der Waals surface area contributed by atoms with Crippen molar-refractivity contribution in [2.24, 2.45) is 11.7 Å². The molecule has 1 aliphatic rings. The van der Waals surface area contributed by atoms with Gasteiger partial charge < -0.3 is 20.3 Å². The number of ether oxygens (including phenoxy) is 1. The van der Waals surface area contributed by atoms with Crippen molar-refractivity contribution in [3.63, 3.8) is 0 Å². The molecule has 0 aromatic carbocycles. The quantitative estimate of drug-likeness (QED) is 0.743. The zero-order valence-corrected chi connectivity index (χ0v) is 11.9. The van der Waals surface area contributed by atoms with Crippen molar-refractivity contribution in [3.8, 4) is 0 Å². The van der Waals surface area contributed by atoms with Crippen molar-refractivity contribution in [2.45, 2.75) is 31.8 Å². The molecule has 0 amide bonds. The van der Waals surface area contributed by atoms with Gasteiger partial charge in [-0.2, -0.15) is 0 Å². The van der Waals surface area contributed by atoms with E-state index in [-0.39, 0.29) is 6.04 Å². The third-order valence-corrected chi connectivity index (χ3v) is 4.03. The van der Waals surface area contributed by atoms with Crippen LogP contribution in [0.3, 0.4) is 0 Å².